The van der Waals surface area contributed by atoms with Gasteiger partial charge in [0.15, 0.2) is 0 Å². The Bertz CT molecular complexity index is 379. The van der Waals surface area contributed by atoms with Gasteiger partial charge >= 0.3 is 0 Å². The highest BCUT2D eigenvalue weighted by molar-refractivity contribution is 5.74. The van der Waals surface area contributed by atoms with Crippen LogP contribution >= 0.6 is 0 Å². The lowest BCUT2D eigenvalue weighted by molar-refractivity contribution is 1.06. The smallest absolute Gasteiger partial charge is 0.0586 e. The van der Waals surface area contributed by atoms with E-state index in [0.717, 1.165) is 17.3 Å². The third-order valence-electron chi connectivity index (χ3n) is 3.78. The zero-order valence-electron chi connectivity index (χ0n) is 9.22. The summed E-state index contributed by atoms with van der Waals surface area (Å²) in [7, 11) is 0. The molecule has 0 saturated heterocycles. The molecule has 0 heterocycles. The highest BCUT2D eigenvalue weighted by Crippen LogP contribution is 2.49. The summed E-state index contributed by atoms with van der Waals surface area (Å²) in [6, 6.07) is 2.33. The molecule has 4 N–H and O–H groups in total. The molecular formula is C13H18N2. The third kappa shape index (κ3) is 1.39. The Kier molecular flexibility index (Phi) is 1.76. The van der Waals surface area contributed by atoms with Crippen LogP contribution in [0.5, 0.6) is 0 Å². The Morgan fingerprint density at radius 1 is 0.933 bits per heavy atom. The van der Waals surface area contributed by atoms with Gasteiger partial charge in [-0.1, -0.05) is 6.07 Å². The first-order chi connectivity index (χ1) is 7.18. The van der Waals surface area contributed by atoms with Crippen LogP contribution in [0.4, 0.5) is 11.4 Å². The molecule has 80 valence electrons. The molecule has 1 aromatic rings. The van der Waals surface area contributed by atoms with Crippen LogP contribution in [-0.2, 0) is 0 Å². The summed E-state index contributed by atoms with van der Waals surface area (Å²) in [5.74, 6) is 1.47. The molecule has 2 heteroatoms. The lowest BCUT2D eigenvalue weighted by Crippen LogP contribution is -2.04. The van der Waals surface area contributed by atoms with Crippen molar-refractivity contribution in [1.82, 2.24) is 0 Å². The van der Waals surface area contributed by atoms with Gasteiger partial charge in [-0.3, -0.25) is 0 Å². The van der Waals surface area contributed by atoms with E-state index < -0.39 is 0 Å². The van der Waals surface area contributed by atoms with Crippen molar-refractivity contribution in [1.29, 1.82) is 0 Å². The van der Waals surface area contributed by atoms with E-state index in [1.165, 1.54) is 42.4 Å². The molecule has 15 heavy (non-hydrogen) atoms. The van der Waals surface area contributed by atoms with E-state index in [4.69, 9.17) is 11.5 Å². The summed E-state index contributed by atoms with van der Waals surface area (Å²) in [6.07, 6.45) is 5.23. The van der Waals surface area contributed by atoms with Gasteiger partial charge in [0.1, 0.15) is 0 Å². The van der Waals surface area contributed by atoms with E-state index in [2.05, 4.69) is 13.0 Å². The van der Waals surface area contributed by atoms with Gasteiger partial charge in [-0.25, -0.2) is 0 Å². The number of hydrogen-bond acceptors (Lipinski definition) is 2. The summed E-state index contributed by atoms with van der Waals surface area (Å²) in [6.45, 7) is 2.11. The van der Waals surface area contributed by atoms with Gasteiger partial charge in [-0.05, 0) is 61.1 Å². The van der Waals surface area contributed by atoms with E-state index in [9.17, 15) is 0 Å². The van der Waals surface area contributed by atoms with Gasteiger partial charge < -0.3 is 11.5 Å². The summed E-state index contributed by atoms with van der Waals surface area (Å²) < 4.78 is 0. The predicted octanol–water partition coefficient (Wildman–Crippen LogP) is 2.91. The SMILES string of the molecule is Cc1c(C2CC2)cc(C2CC2)c(N)c1N. The van der Waals surface area contributed by atoms with Crippen molar-refractivity contribution >= 4 is 11.4 Å². The minimum atomic E-state index is 0.699. The summed E-state index contributed by atoms with van der Waals surface area (Å²) in [5.41, 5.74) is 17.9. The van der Waals surface area contributed by atoms with Crippen molar-refractivity contribution in [3.8, 4) is 0 Å². The number of nitrogens with two attached hydrogens (primary N) is 2. The Labute approximate surface area is 90.7 Å². The Hall–Kier alpha value is -1.18. The molecule has 0 atom stereocenters. The van der Waals surface area contributed by atoms with Crippen LogP contribution in [0.1, 0.15) is 54.2 Å². The van der Waals surface area contributed by atoms with Crippen molar-refractivity contribution in [2.75, 3.05) is 11.5 Å². The average molecular weight is 202 g/mol. The molecule has 2 fully saturated rings. The molecule has 0 aromatic heterocycles. The normalized spacial score (nSPS) is 20.6. The quantitative estimate of drug-likeness (QED) is 0.724. The molecule has 2 saturated carbocycles. The molecule has 0 unspecified atom stereocenters. The second-order valence-electron chi connectivity index (χ2n) is 5.06. The van der Waals surface area contributed by atoms with Gasteiger partial charge in [0, 0.05) is 0 Å². The van der Waals surface area contributed by atoms with Crippen molar-refractivity contribution in [3.63, 3.8) is 0 Å². The Morgan fingerprint density at radius 2 is 1.47 bits per heavy atom. The molecule has 2 nitrogen and oxygen atoms in total. The molecule has 0 bridgehead atoms. The molecule has 1 aromatic carbocycles. The average Bonchev–Trinajstić information content (AvgIpc) is 3.02. The Morgan fingerprint density at radius 3 is 2.00 bits per heavy atom. The maximum atomic E-state index is 6.09. The first-order valence-electron chi connectivity index (χ1n) is 5.87. The number of anilines is 2. The van der Waals surface area contributed by atoms with Crippen LogP contribution < -0.4 is 11.5 Å². The van der Waals surface area contributed by atoms with E-state index in [-0.39, 0.29) is 0 Å². The predicted molar refractivity (Wildman–Crippen MR) is 64.0 cm³/mol. The van der Waals surface area contributed by atoms with E-state index in [0.29, 0.717) is 5.92 Å². The largest absolute Gasteiger partial charge is 0.397 e. The molecule has 0 aliphatic heterocycles. The fourth-order valence-corrected chi connectivity index (χ4v) is 2.42. The van der Waals surface area contributed by atoms with Crippen molar-refractivity contribution in [2.24, 2.45) is 0 Å². The molecule has 0 amide bonds. The van der Waals surface area contributed by atoms with Gasteiger partial charge in [-0.15, -0.1) is 0 Å². The van der Waals surface area contributed by atoms with E-state index >= 15 is 0 Å². The van der Waals surface area contributed by atoms with Crippen LogP contribution in [0, 0.1) is 6.92 Å². The van der Waals surface area contributed by atoms with Gasteiger partial charge in [0.05, 0.1) is 11.4 Å². The van der Waals surface area contributed by atoms with Crippen LogP contribution in [0.15, 0.2) is 6.07 Å². The standard InChI is InChI=1S/C13H18N2/c1-7-10(8-2-3-8)6-11(9-4-5-9)13(15)12(7)14/h6,8-9H,2-5,14-15H2,1H3. The van der Waals surface area contributed by atoms with Crippen LogP contribution in [0.25, 0.3) is 0 Å². The minimum Gasteiger partial charge on any atom is -0.397 e. The second kappa shape index (κ2) is 2.91. The van der Waals surface area contributed by atoms with Crippen LogP contribution in [-0.4, -0.2) is 0 Å². The zero-order valence-corrected chi connectivity index (χ0v) is 9.22. The number of hydrogen-bond donors (Lipinski definition) is 2. The number of nitrogen functional groups attached to an aromatic ring is 2. The molecule has 0 radical (unpaired) electrons. The molecular weight excluding hydrogens is 184 g/mol. The second-order valence-corrected chi connectivity index (χ2v) is 5.06. The summed E-state index contributed by atoms with van der Waals surface area (Å²) in [4.78, 5) is 0. The fourth-order valence-electron chi connectivity index (χ4n) is 2.42. The maximum absolute atomic E-state index is 6.09. The highest BCUT2D eigenvalue weighted by atomic mass is 14.7. The van der Waals surface area contributed by atoms with Crippen molar-refractivity contribution in [2.45, 2.75) is 44.4 Å². The van der Waals surface area contributed by atoms with Crippen LogP contribution in [0.2, 0.25) is 0 Å². The molecule has 2 aliphatic rings. The number of rotatable bonds is 2. The monoisotopic (exact) mass is 202 g/mol. The van der Waals surface area contributed by atoms with Crippen molar-refractivity contribution < 1.29 is 0 Å². The number of benzene rings is 1. The topological polar surface area (TPSA) is 52.0 Å². The lowest BCUT2D eigenvalue weighted by atomic mass is 9.95. The summed E-state index contributed by atoms with van der Waals surface area (Å²) in [5, 5.41) is 0. The molecule has 2 aliphatic carbocycles. The highest BCUT2D eigenvalue weighted by Gasteiger charge is 2.31. The first kappa shape index (κ1) is 9.08. The van der Waals surface area contributed by atoms with Gasteiger partial charge in [-0.2, -0.15) is 0 Å². The minimum absolute atomic E-state index is 0.699. The zero-order chi connectivity index (χ0) is 10.6. The molecule has 3 rings (SSSR count). The maximum Gasteiger partial charge on any atom is 0.0586 e. The summed E-state index contributed by atoms with van der Waals surface area (Å²) >= 11 is 0. The van der Waals surface area contributed by atoms with E-state index in [1.807, 2.05) is 0 Å². The van der Waals surface area contributed by atoms with Crippen molar-refractivity contribution in [3.05, 3.63) is 22.8 Å². The Balaban J connectivity index is 2.14. The van der Waals surface area contributed by atoms with Gasteiger partial charge in [0.2, 0.25) is 0 Å². The molecule has 0 spiro atoms. The third-order valence-corrected chi connectivity index (χ3v) is 3.78. The first-order valence-corrected chi connectivity index (χ1v) is 5.87. The van der Waals surface area contributed by atoms with E-state index in [1.54, 1.807) is 0 Å². The lowest BCUT2D eigenvalue weighted by Gasteiger charge is -2.15. The fraction of sp³-hybridized carbons (Fsp3) is 0.538. The van der Waals surface area contributed by atoms with Gasteiger partial charge in [0.25, 0.3) is 0 Å². The van der Waals surface area contributed by atoms with Crippen LogP contribution in [0.3, 0.4) is 0 Å².